The molecule has 1 heterocycles. The summed E-state index contributed by atoms with van der Waals surface area (Å²) in [7, 11) is 0. The molecule has 12 heavy (non-hydrogen) atoms. The van der Waals surface area contributed by atoms with Gasteiger partial charge in [-0.2, -0.15) is 0 Å². The number of aromatic nitrogens is 1. The van der Waals surface area contributed by atoms with Crippen LogP contribution in [0.25, 0.3) is 0 Å². The molecular weight excluding hydrogens is 166 g/mol. The van der Waals surface area contributed by atoms with Crippen LogP contribution in [0.2, 0.25) is 0 Å². The van der Waals surface area contributed by atoms with Crippen LogP contribution < -0.4 is 0 Å². The second kappa shape index (κ2) is 3.17. The van der Waals surface area contributed by atoms with E-state index >= 15 is 0 Å². The second-order valence-electron chi connectivity index (χ2n) is 4.47. The lowest BCUT2D eigenvalue weighted by Gasteiger charge is -2.19. The summed E-state index contributed by atoms with van der Waals surface area (Å²) in [5.74, 6) is 0.547. The minimum Gasteiger partial charge on any atom is -0.249 e. The standard InChI is InChI=1S/C10H17NS/c1-7(2)8-9(10(3,4)5)12-6-11-8/h6-7H,1-5H3. The first kappa shape index (κ1) is 9.72. The molecule has 0 N–H and O–H groups in total. The molecule has 1 rings (SSSR count). The SMILES string of the molecule is CC(C)c1ncsc1C(C)(C)C. The molecule has 0 aliphatic carbocycles. The number of thiazole rings is 1. The summed E-state index contributed by atoms with van der Waals surface area (Å²) >= 11 is 1.77. The van der Waals surface area contributed by atoms with Gasteiger partial charge in [-0.15, -0.1) is 11.3 Å². The van der Waals surface area contributed by atoms with Crippen LogP contribution in [0, 0.1) is 0 Å². The molecule has 1 nitrogen and oxygen atoms in total. The summed E-state index contributed by atoms with van der Waals surface area (Å²) in [4.78, 5) is 5.83. The highest BCUT2D eigenvalue weighted by molar-refractivity contribution is 7.09. The van der Waals surface area contributed by atoms with Crippen LogP contribution in [0.3, 0.4) is 0 Å². The van der Waals surface area contributed by atoms with E-state index in [4.69, 9.17) is 0 Å². The van der Waals surface area contributed by atoms with Crippen LogP contribution in [-0.2, 0) is 5.41 Å². The summed E-state index contributed by atoms with van der Waals surface area (Å²) in [5.41, 5.74) is 3.48. The van der Waals surface area contributed by atoms with Crippen LogP contribution in [0.1, 0.15) is 51.1 Å². The summed E-state index contributed by atoms with van der Waals surface area (Å²) in [6, 6.07) is 0. The number of hydrogen-bond acceptors (Lipinski definition) is 2. The highest BCUT2D eigenvalue weighted by Gasteiger charge is 2.21. The smallest absolute Gasteiger partial charge is 0.0798 e. The van der Waals surface area contributed by atoms with Crippen molar-refractivity contribution in [2.75, 3.05) is 0 Å². The average Bonchev–Trinajstić information content (AvgIpc) is 2.30. The molecule has 0 radical (unpaired) electrons. The maximum absolute atomic E-state index is 4.40. The minimum atomic E-state index is 0.251. The van der Waals surface area contributed by atoms with Gasteiger partial charge in [0.05, 0.1) is 11.2 Å². The molecule has 1 aromatic heterocycles. The molecule has 1 aromatic rings. The first-order chi connectivity index (χ1) is 5.43. The lowest BCUT2D eigenvalue weighted by atomic mass is 9.90. The second-order valence-corrected chi connectivity index (χ2v) is 5.33. The zero-order valence-electron chi connectivity index (χ0n) is 8.51. The molecule has 0 aliphatic heterocycles. The largest absolute Gasteiger partial charge is 0.249 e. The van der Waals surface area contributed by atoms with E-state index in [2.05, 4.69) is 39.6 Å². The zero-order chi connectivity index (χ0) is 9.35. The van der Waals surface area contributed by atoms with Crippen molar-refractivity contribution in [3.63, 3.8) is 0 Å². The van der Waals surface area contributed by atoms with Crippen molar-refractivity contribution in [2.24, 2.45) is 0 Å². The molecule has 0 unspecified atom stereocenters. The average molecular weight is 183 g/mol. The van der Waals surface area contributed by atoms with Crippen molar-refractivity contribution in [3.8, 4) is 0 Å². The third-order valence-electron chi connectivity index (χ3n) is 1.82. The molecule has 0 atom stereocenters. The summed E-state index contributed by atoms with van der Waals surface area (Å²) in [6.07, 6.45) is 0. The Hall–Kier alpha value is -0.370. The van der Waals surface area contributed by atoms with Crippen molar-refractivity contribution in [3.05, 3.63) is 16.1 Å². The lowest BCUT2D eigenvalue weighted by Crippen LogP contribution is -2.12. The van der Waals surface area contributed by atoms with E-state index in [0.717, 1.165) is 0 Å². The third kappa shape index (κ3) is 1.86. The molecule has 0 fully saturated rings. The summed E-state index contributed by atoms with van der Waals surface area (Å²) in [6.45, 7) is 11.1. The summed E-state index contributed by atoms with van der Waals surface area (Å²) < 4.78 is 0. The van der Waals surface area contributed by atoms with E-state index in [1.165, 1.54) is 10.6 Å². The Balaban J connectivity index is 3.08. The Morgan fingerprint density at radius 2 is 1.92 bits per heavy atom. The van der Waals surface area contributed by atoms with Crippen molar-refractivity contribution in [1.29, 1.82) is 0 Å². The van der Waals surface area contributed by atoms with Gasteiger partial charge in [-0.05, 0) is 11.3 Å². The first-order valence-corrected chi connectivity index (χ1v) is 5.24. The quantitative estimate of drug-likeness (QED) is 0.648. The van der Waals surface area contributed by atoms with Crippen molar-refractivity contribution < 1.29 is 0 Å². The Morgan fingerprint density at radius 3 is 2.25 bits per heavy atom. The monoisotopic (exact) mass is 183 g/mol. The van der Waals surface area contributed by atoms with Crippen molar-refractivity contribution in [2.45, 2.75) is 46.0 Å². The summed E-state index contributed by atoms with van der Waals surface area (Å²) in [5, 5.41) is 0. The van der Waals surface area contributed by atoms with Gasteiger partial charge in [0, 0.05) is 4.88 Å². The molecule has 0 amide bonds. The lowest BCUT2D eigenvalue weighted by molar-refractivity contribution is 0.587. The van der Waals surface area contributed by atoms with Crippen LogP contribution in [0.5, 0.6) is 0 Å². The van der Waals surface area contributed by atoms with Crippen LogP contribution in [-0.4, -0.2) is 4.98 Å². The van der Waals surface area contributed by atoms with Crippen molar-refractivity contribution >= 4 is 11.3 Å². The predicted molar refractivity (Wildman–Crippen MR) is 54.9 cm³/mol. The molecule has 0 saturated carbocycles. The molecule has 0 aliphatic rings. The molecule has 0 bridgehead atoms. The maximum atomic E-state index is 4.40. The van der Waals surface area contributed by atoms with Gasteiger partial charge in [-0.25, -0.2) is 4.98 Å². The van der Waals surface area contributed by atoms with Gasteiger partial charge in [0.15, 0.2) is 0 Å². The van der Waals surface area contributed by atoms with Gasteiger partial charge >= 0.3 is 0 Å². The fourth-order valence-corrected chi connectivity index (χ4v) is 2.26. The van der Waals surface area contributed by atoms with E-state index in [0.29, 0.717) is 5.92 Å². The van der Waals surface area contributed by atoms with Crippen LogP contribution in [0.15, 0.2) is 5.51 Å². The Kier molecular flexibility index (Phi) is 2.57. The van der Waals surface area contributed by atoms with Crippen molar-refractivity contribution in [1.82, 2.24) is 4.98 Å². The first-order valence-electron chi connectivity index (χ1n) is 4.37. The molecule has 0 spiro atoms. The highest BCUT2D eigenvalue weighted by Crippen LogP contribution is 2.32. The van der Waals surface area contributed by atoms with Crippen LogP contribution in [0.4, 0.5) is 0 Å². The highest BCUT2D eigenvalue weighted by atomic mass is 32.1. The van der Waals surface area contributed by atoms with E-state index in [1.54, 1.807) is 11.3 Å². The number of hydrogen-bond donors (Lipinski definition) is 0. The zero-order valence-corrected chi connectivity index (χ0v) is 9.33. The number of rotatable bonds is 1. The molecular formula is C10H17NS. The normalized spacial score (nSPS) is 12.5. The molecule has 68 valence electrons. The van der Waals surface area contributed by atoms with Gasteiger partial charge < -0.3 is 0 Å². The van der Waals surface area contributed by atoms with Crippen LogP contribution >= 0.6 is 11.3 Å². The molecule has 0 saturated heterocycles. The van der Waals surface area contributed by atoms with Gasteiger partial charge in [0.2, 0.25) is 0 Å². The number of nitrogens with zero attached hydrogens (tertiary/aromatic N) is 1. The minimum absolute atomic E-state index is 0.251. The van der Waals surface area contributed by atoms with E-state index < -0.39 is 0 Å². The van der Waals surface area contributed by atoms with E-state index in [1.807, 2.05) is 5.51 Å². The van der Waals surface area contributed by atoms with E-state index in [-0.39, 0.29) is 5.41 Å². The molecule has 0 aromatic carbocycles. The Morgan fingerprint density at radius 1 is 1.33 bits per heavy atom. The fraction of sp³-hybridized carbons (Fsp3) is 0.700. The van der Waals surface area contributed by atoms with Gasteiger partial charge in [0.25, 0.3) is 0 Å². The topological polar surface area (TPSA) is 12.9 Å². The van der Waals surface area contributed by atoms with Gasteiger partial charge in [-0.1, -0.05) is 34.6 Å². The van der Waals surface area contributed by atoms with E-state index in [9.17, 15) is 0 Å². The predicted octanol–water partition coefficient (Wildman–Crippen LogP) is 3.56. The fourth-order valence-electron chi connectivity index (χ4n) is 1.23. The maximum Gasteiger partial charge on any atom is 0.0798 e. The Bertz CT molecular complexity index is 255. The Labute approximate surface area is 78.8 Å². The third-order valence-corrected chi connectivity index (χ3v) is 3.09. The van der Waals surface area contributed by atoms with Gasteiger partial charge in [-0.3, -0.25) is 0 Å². The van der Waals surface area contributed by atoms with Gasteiger partial charge in [0.1, 0.15) is 0 Å². The molecule has 2 heteroatoms.